The van der Waals surface area contributed by atoms with Crippen molar-refractivity contribution in [1.82, 2.24) is 10.6 Å². The minimum absolute atomic E-state index is 0.0860. The average Bonchev–Trinajstić information content (AvgIpc) is 2.56. The first kappa shape index (κ1) is 14.5. The topological polar surface area (TPSA) is 67.4 Å². The number of carbonyl (C=O) groups excluding carboxylic acids is 2. The number of alkyl carbamates (subject to hydrolysis) is 1. The quantitative estimate of drug-likeness (QED) is 0.805. The number of Topliss-reactive ketones (excluding diaryl/α,β-unsaturated/α-hetero) is 1. The molecular weight excluding hydrogens is 232 g/mol. The van der Waals surface area contributed by atoms with E-state index in [0.29, 0.717) is 18.4 Å². The van der Waals surface area contributed by atoms with Gasteiger partial charge in [0.05, 0.1) is 6.04 Å². The third-order valence-electron chi connectivity index (χ3n) is 2.70. The third-order valence-corrected chi connectivity index (χ3v) is 2.70. The number of hydrogen-bond donors (Lipinski definition) is 2. The summed E-state index contributed by atoms with van der Waals surface area (Å²) in [5.41, 5.74) is 1.02. The van der Waals surface area contributed by atoms with Crippen LogP contribution < -0.4 is 10.6 Å². The largest absolute Gasteiger partial charge is 0.444 e. The minimum atomic E-state index is -0.538. The van der Waals surface area contributed by atoms with Crippen LogP contribution in [0.3, 0.4) is 0 Å². The summed E-state index contributed by atoms with van der Waals surface area (Å²) in [6.45, 7) is 7.20. The number of ether oxygens (including phenoxy) is 1. The van der Waals surface area contributed by atoms with Crippen molar-refractivity contribution in [3.8, 4) is 0 Å². The van der Waals surface area contributed by atoms with Crippen molar-refractivity contribution in [1.29, 1.82) is 0 Å². The molecule has 0 radical (unpaired) electrons. The van der Waals surface area contributed by atoms with Gasteiger partial charge in [0.2, 0.25) is 0 Å². The normalized spacial score (nSPS) is 17.7. The molecule has 1 amide bonds. The maximum atomic E-state index is 11.8. The first-order valence-corrected chi connectivity index (χ1v) is 6.18. The number of nitrogens with one attached hydrogen (secondary N) is 2. The van der Waals surface area contributed by atoms with Gasteiger partial charge in [0.25, 0.3) is 0 Å². The van der Waals surface area contributed by atoms with Crippen LogP contribution in [0.25, 0.3) is 0 Å². The minimum Gasteiger partial charge on any atom is -0.444 e. The SMILES string of the molecule is CNC1=C(C(C)NC(=O)OC(C)(C)C)C(=O)CC1. The first-order chi connectivity index (χ1) is 8.24. The highest BCUT2D eigenvalue weighted by Crippen LogP contribution is 2.23. The van der Waals surface area contributed by atoms with Gasteiger partial charge in [0.15, 0.2) is 5.78 Å². The van der Waals surface area contributed by atoms with Crippen LogP contribution in [-0.2, 0) is 9.53 Å². The van der Waals surface area contributed by atoms with Crippen molar-refractivity contribution in [2.45, 2.75) is 52.2 Å². The van der Waals surface area contributed by atoms with E-state index < -0.39 is 11.7 Å². The number of hydrogen-bond acceptors (Lipinski definition) is 4. The van der Waals surface area contributed by atoms with Gasteiger partial charge >= 0.3 is 6.09 Å². The summed E-state index contributed by atoms with van der Waals surface area (Å²) >= 11 is 0. The maximum absolute atomic E-state index is 11.8. The summed E-state index contributed by atoms with van der Waals surface area (Å²) in [5.74, 6) is 0.0860. The van der Waals surface area contributed by atoms with Crippen molar-refractivity contribution < 1.29 is 14.3 Å². The second-order valence-electron chi connectivity index (χ2n) is 5.43. The zero-order valence-electron chi connectivity index (χ0n) is 11.7. The maximum Gasteiger partial charge on any atom is 0.408 e. The lowest BCUT2D eigenvalue weighted by Gasteiger charge is -2.22. The second kappa shape index (κ2) is 5.42. The van der Waals surface area contributed by atoms with Gasteiger partial charge < -0.3 is 15.4 Å². The molecule has 0 fully saturated rings. The van der Waals surface area contributed by atoms with Gasteiger partial charge in [-0.05, 0) is 34.1 Å². The molecule has 18 heavy (non-hydrogen) atoms. The van der Waals surface area contributed by atoms with Crippen LogP contribution in [0.15, 0.2) is 11.3 Å². The van der Waals surface area contributed by atoms with Crippen molar-refractivity contribution in [2.24, 2.45) is 0 Å². The van der Waals surface area contributed by atoms with Crippen molar-refractivity contribution in [3.63, 3.8) is 0 Å². The van der Waals surface area contributed by atoms with E-state index in [2.05, 4.69) is 10.6 Å². The Bertz CT molecular complexity index is 380. The van der Waals surface area contributed by atoms with Gasteiger partial charge in [-0.3, -0.25) is 4.79 Å². The summed E-state index contributed by atoms with van der Waals surface area (Å²) in [5, 5.41) is 5.71. The van der Waals surface area contributed by atoms with Gasteiger partial charge in [-0.15, -0.1) is 0 Å². The van der Waals surface area contributed by atoms with Gasteiger partial charge in [-0.25, -0.2) is 4.79 Å². The molecule has 1 unspecified atom stereocenters. The zero-order chi connectivity index (χ0) is 13.9. The first-order valence-electron chi connectivity index (χ1n) is 6.18. The van der Waals surface area contributed by atoms with Gasteiger partial charge in [-0.2, -0.15) is 0 Å². The van der Waals surface area contributed by atoms with E-state index in [1.54, 1.807) is 34.7 Å². The lowest BCUT2D eigenvalue weighted by Crippen LogP contribution is -2.40. The summed E-state index contributed by atoms with van der Waals surface area (Å²) in [6.07, 6.45) is 0.717. The molecule has 0 aromatic heterocycles. The molecule has 1 rings (SSSR count). The molecule has 2 N–H and O–H groups in total. The van der Waals surface area contributed by atoms with Crippen LogP contribution in [0.1, 0.15) is 40.5 Å². The van der Waals surface area contributed by atoms with Crippen LogP contribution in [0, 0.1) is 0 Å². The van der Waals surface area contributed by atoms with Crippen LogP contribution in [0.5, 0.6) is 0 Å². The molecule has 102 valence electrons. The molecule has 0 heterocycles. The predicted octanol–water partition coefficient (Wildman–Crippen LogP) is 1.74. The van der Waals surface area contributed by atoms with E-state index in [1.807, 2.05) is 0 Å². The third kappa shape index (κ3) is 3.75. The van der Waals surface area contributed by atoms with E-state index >= 15 is 0 Å². The molecule has 0 saturated heterocycles. The standard InChI is InChI=1S/C13H22N2O3/c1-8(15-12(17)18-13(2,3)4)11-9(14-5)6-7-10(11)16/h8,14H,6-7H2,1-5H3,(H,15,17). The zero-order valence-corrected chi connectivity index (χ0v) is 11.7. The van der Waals surface area contributed by atoms with Crippen LogP contribution in [-0.4, -0.2) is 30.6 Å². The fourth-order valence-electron chi connectivity index (χ4n) is 2.00. The summed E-state index contributed by atoms with van der Waals surface area (Å²) in [7, 11) is 1.79. The number of rotatable bonds is 3. The lowest BCUT2D eigenvalue weighted by atomic mass is 10.1. The molecule has 0 aliphatic heterocycles. The second-order valence-corrected chi connectivity index (χ2v) is 5.43. The molecular formula is C13H22N2O3. The smallest absolute Gasteiger partial charge is 0.408 e. The Hall–Kier alpha value is -1.52. The molecule has 1 aliphatic rings. The molecule has 1 atom stereocenters. The Morgan fingerprint density at radius 2 is 1.94 bits per heavy atom. The fraction of sp³-hybridized carbons (Fsp3) is 0.692. The van der Waals surface area contributed by atoms with Gasteiger partial charge in [-0.1, -0.05) is 0 Å². The predicted molar refractivity (Wildman–Crippen MR) is 69.2 cm³/mol. The monoisotopic (exact) mass is 254 g/mol. The van der Waals surface area contributed by atoms with Crippen molar-refractivity contribution in [2.75, 3.05) is 7.05 Å². The molecule has 1 aliphatic carbocycles. The molecule has 0 aromatic rings. The summed E-state index contributed by atoms with van der Waals surface area (Å²) in [4.78, 5) is 23.4. The van der Waals surface area contributed by atoms with E-state index in [9.17, 15) is 9.59 Å². The number of ketones is 1. The highest BCUT2D eigenvalue weighted by molar-refractivity contribution is 6.00. The van der Waals surface area contributed by atoms with Crippen LogP contribution >= 0.6 is 0 Å². The summed E-state index contributed by atoms with van der Waals surface area (Å²) in [6, 6.07) is -0.336. The molecule has 0 spiro atoms. The average molecular weight is 254 g/mol. The number of carbonyl (C=O) groups is 2. The highest BCUT2D eigenvalue weighted by Gasteiger charge is 2.28. The lowest BCUT2D eigenvalue weighted by molar-refractivity contribution is -0.115. The Kier molecular flexibility index (Phi) is 4.38. The highest BCUT2D eigenvalue weighted by atomic mass is 16.6. The van der Waals surface area contributed by atoms with Gasteiger partial charge in [0, 0.05) is 24.7 Å². The van der Waals surface area contributed by atoms with Crippen molar-refractivity contribution in [3.05, 3.63) is 11.3 Å². The molecule has 0 saturated carbocycles. The van der Waals surface area contributed by atoms with E-state index in [-0.39, 0.29) is 11.8 Å². The van der Waals surface area contributed by atoms with Crippen LogP contribution in [0.2, 0.25) is 0 Å². The van der Waals surface area contributed by atoms with Crippen LogP contribution in [0.4, 0.5) is 4.79 Å². The Balaban J connectivity index is 2.68. The van der Waals surface area contributed by atoms with E-state index in [4.69, 9.17) is 4.74 Å². The Labute approximate surface area is 108 Å². The fourth-order valence-corrected chi connectivity index (χ4v) is 2.00. The number of allylic oxidation sites excluding steroid dienone is 1. The molecule has 0 aromatic carbocycles. The Morgan fingerprint density at radius 1 is 1.33 bits per heavy atom. The number of amides is 1. The molecule has 5 nitrogen and oxygen atoms in total. The van der Waals surface area contributed by atoms with E-state index in [0.717, 1.165) is 5.70 Å². The van der Waals surface area contributed by atoms with Crippen molar-refractivity contribution >= 4 is 11.9 Å². The van der Waals surface area contributed by atoms with Gasteiger partial charge in [0.1, 0.15) is 5.60 Å². The summed E-state index contributed by atoms with van der Waals surface area (Å²) < 4.78 is 5.17. The molecule has 0 bridgehead atoms. The van der Waals surface area contributed by atoms with E-state index in [1.165, 1.54) is 0 Å². The Morgan fingerprint density at radius 3 is 2.44 bits per heavy atom. The molecule has 5 heteroatoms.